The van der Waals surface area contributed by atoms with Gasteiger partial charge in [0.15, 0.2) is 5.82 Å². The van der Waals surface area contributed by atoms with Gasteiger partial charge in [0.2, 0.25) is 6.41 Å². The molecule has 0 fully saturated rings. The van der Waals surface area contributed by atoms with Crippen LogP contribution in [0, 0.1) is 0 Å². The molecule has 6 nitrogen and oxygen atoms in total. The van der Waals surface area contributed by atoms with Crippen molar-refractivity contribution >= 4 is 23.6 Å². The number of rotatable bonds is 6. The molecular weight excluding hydrogens is 359 g/mol. The lowest BCUT2D eigenvalue weighted by molar-refractivity contribution is -0.137. The Morgan fingerprint density at radius 3 is 2.63 bits per heavy atom. The van der Waals surface area contributed by atoms with Gasteiger partial charge in [0.25, 0.3) is 0 Å². The van der Waals surface area contributed by atoms with E-state index < -0.39 is 11.7 Å². The maximum atomic E-state index is 13.0. The van der Waals surface area contributed by atoms with E-state index in [2.05, 4.69) is 20.3 Å². The van der Waals surface area contributed by atoms with E-state index >= 15 is 0 Å². The number of hydrogen-bond acceptors (Lipinski definition) is 5. The Kier molecular flexibility index (Phi) is 5.30. The Morgan fingerprint density at radius 1 is 1.07 bits per heavy atom. The smallest absolute Gasteiger partial charge is 0.363 e. The second-order valence-corrected chi connectivity index (χ2v) is 5.45. The van der Waals surface area contributed by atoms with Crippen LogP contribution in [0.3, 0.4) is 0 Å². The zero-order chi connectivity index (χ0) is 19.3. The summed E-state index contributed by atoms with van der Waals surface area (Å²) in [5.74, 6) is 0.334. The molecule has 1 aromatic carbocycles. The minimum absolute atomic E-state index is 0.0814. The molecule has 0 aliphatic carbocycles. The van der Waals surface area contributed by atoms with Gasteiger partial charge in [-0.2, -0.15) is 13.2 Å². The van der Waals surface area contributed by atoms with Crippen molar-refractivity contribution in [3.63, 3.8) is 0 Å². The van der Waals surface area contributed by atoms with Crippen molar-refractivity contribution in [1.29, 1.82) is 0 Å². The van der Waals surface area contributed by atoms with Crippen molar-refractivity contribution in [3.8, 4) is 0 Å². The molecule has 2 heterocycles. The molecule has 3 rings (SSSR count). The summed E-state index contributed by atoms with van der Waals surface area (Å²) < 4.78 is 38.9. The van der Waals surface area contributed by atoms with Crippen molar-refractivity contribution in [2.45, 2.75) is 12.7 Å². The second-order valence-electron chi connectivity index (χ2n) is 5.45. The van der Waals surface area contributed by atoms with E-state index in [1.54, 1.807) is 24.4 Å². The lowest BCUT2D eigenvalue weighted by Gasteiger charge is -2.21. The lowest BCUT2D eigenvalue weighted by Crippen LogP contribution is -2.18. The number of benzene rings is 1. The number of nitrogens with one attached hydrogen (secondary N) is 1. The topological polar surface area (TPSA) is 71.0 Å². The first kappa shape index (κ1) is 18.3. The van der Waals surface area contributed by atoms with E-state index in [1.807, 2.05) is 0 Å². The molecule has 0 aliphatic rings. The second kappa shape index (κ2) is 7.81. The van der Waals surface area contributed by atoms with Crippen molar-refractivity contribution in [3.05, 3.63) is 72.4 Å². The maximum absolute atomic E-state index is 13.0. The number of amides is 1. The van der Waals surface area contributed by atoms with E-state index in [1.165, 1.54) is 24.7 Å². The van der Waals surface area contributed by atoms with Gasteiger partial charge in [-0.15, -0.1) is 0 Å². The molecule has 27 heavy (non-hydrogen) atoms. The van der Waals surface area contributed by atoms with Gasteiger partial charge in [0.05, 0.1) is 23.5 Å². The summed E-state index contributed by atoms with van der Waals surface area (Å²) in [7, 11) is 0. The zero-order valence-corrected chi connectivity index (χ0v) is 13.9. The standard InChI is InChI=1S/C18H14F3N5O/c19-18(20,21)13-3-1-4-15(9-13)26(12-27)16-5-2-7-23-17(16)24-10-14-6-8-22-11-25-14/h1-9,11-12H,10H2,(H,23,24). The molecule has 0 atom stereocenters. The summed E-state index contributed by atoms with van der Waals surface area (Å²) in [5, 5.41) is 3.03. The van der Waals surface area contributed by atoms with Crippen LogP contribution in [0.25, 0.3) is 0 Å². The number of carbonyl (C=O) groups is 1. The summed E-state index contributed by atoms with van der Waals surface area (Å²) in [6.45, 7) is 0.307. The average molecular weight is 373 g/mol. The predicted molar refractivity (Wildman–Crippen MR) is 93.2 cm³/mol. The molecular formula is C18H14F3N5O. The van der Waals surface area contributed by atoms with Gasteiger partial charge in [0, 0.05) is 18.1 Å². The minimum atomic E-state index is -4.51. The average Bonchev–Trinajstić information content (AvgIpc) is 2.68. The highest BCUT2D eigenvalue weighted by atomic mass is 19.4. The Morgan fingerprint density at radius 2 is 1.93 bits per heavy atom. The Hall–Kier alpha value is -3.49. The van der Waals surface area contributed by atoms with E-state index in [0.29, 0.717) is 30.2 Å². The fraction of sp³-hybridized carbons (Fsp3) is 0.111. The van der Waals surface area contributed by atoms with Crippen molar-refractivity contribution in [2.75, 3.05) is 10.2 Å². The van der Waals surface area contributed by atoms with Gasteiger partial charge in [-0.1, -0.05) is 6.07 Å². The minimum Gasteiger partial charge on any atom is -0.363 e. The highest BCUT2D eigenvalue weighted by Gasteiger charge is 2.31. The van der Waals surface area contributed by atoms with Crippen LogP contribution in [0.1, 0.15) is 11.3 Å². The first-order valence-electron chi connectivity index (χ1n) is 7.84. The summed E-state index contributed by atoms with van der Waals surface area (Å²) in [4.78, 5) is 24.8. The molecule has 1 amide bonds. The van der Waals surface area contributed by atoms with Crippen LogP contribution in [0.15, 0.2) is 61.2 Å². The molecule has 3 aromatic rings. The zero-order valence-electron chi connectivity index (χ0n) is 13.9. The molecule has 9 heteroatoms. The molecule has 0 spiro atoms. The summed E-state index contributed by atoms with van der Waals surface area (Å²) >= 11 is 0. The fourth-order valence-corrected chi connectivity index (χ4v) is 2.41. The number of halogens is 3. The van der Waals surface area contributed by atoms with Gasteiger partial charge >= 0.3 is 6.18 Å². The molecule has 0 bridgehead atoms. The first-order valence-corrected chi connectivity index (χ1v) is 7.84. The number of hydrogen-bond donors (Lipinski definition) is 1. The number of pyridine rings is 1. The largest absolute Gasteiger partial charge is 0.416 e. The van der Waals surface area contributed by atoms with Gasteiger partial charge < -0.3 is 5.32 Å². The first-order chi connectivity index (χ1) is 13.0. The number of aromatic nitrogens is 3. The third-order valence-electron chi connectivity index (χ3n) is 3.68. The third-order valence-corrected chi connectivity index (χ3v) is 3.68. The number of nitrogens with zero attached hydrogens (tertiary/aromatic N) is 4. The van der Waals surface area contributed by atoms with Crippen molar-refractivity contribution < 1.29 is 18.0 Å². The molecule has 1 N–H and O–H groups in total. The van der Waals surface area contributed by atoms with Gasteiger partial charge in [-0.05, 0) is 36.4 Å². The van der Waals surface area contributed by atoms with Crippen LogP contribution in [-0.4, -0.2) is 21.4 Å². The molecule has 0 radical (unpaired) electrons. The van der Waals surface area contributed by atoms with Crippen LogP contribution >= 0.6 is 0 Å². The summed E-state index contributed by atoms with van der Waals surface area (Å²) in [5.41, 5.74) is 0.253. The van der Waals surface area contributed by atoms with E-state index in [4.69, 9.17) is 0 Å². The molecule has 138 valence electrons. The third kappa shape index (κ3) is 4.38. The van der Waals surface area contributed by atoms with Crippen LogP contribution < -0.4 is 10.2 Å². The quantitative estimate of drug-likeness (QED) is 0.666. The SMILES string of the molecule is O=CN(c1cccc(C(F)(F)F)c1)c1cccnc1NCc1ccncn1. The van der Waals surface area contributed by atoms with Crippen LogP contribution in [0.5, 0.6) is 0 Å². The maximum Gasteiger partial charge on any atom is 0.416 e. The predicted octanol–water partition coefficient (Wildman–Crippen LogP) is 3.80. The Bertz CT molecular complexity index is 918. The van der Waals surface area contributed by atoms with Crippen LogP contribution in [0.4, 0.5) is 30.4 Å². The van der Waals surface area contributed by atoms with Crippen molar-refractivity contribution in [1.82, 2.24) is 15.0 Å². The van der Waals surface area contributed by atoms with E-state index in [-0.39, 0.29) is 5.69 Å². The van der Waals surface area contributed by atoms with E-state index in [9.17, 15) is 18.0 Å². The van der Waals surface area contributed by atoms with E-state index in [0.717, 1.165) is 17.0 Å². The number of alkyl halides is 3. The fourth-order valence-electron chi connectivity index (χ4n) is 2.41. The summed E-state index contributed by atoms with van der Waals surface area (Å²) in [6.07, 6.45) is 0.442. The Labute approximate surface area is 152 Å². The van der Waals surface area contributed by atoms with Crippen molar-refractivity contribution in [2.24, 2.45) is 0 Å². The van der Waals surface area contributed by atoms with Crippen LogP contribution in [-0.2, 0) is 17.5 Å². The molecule has 0 aliphatic heterocycles. The van der Waals surface area contributed by atoms with Gasteiger partial charge in [-0.3, -0.25) is 9.69 Å². The molecule has 0 saturated heterocycles. The Balaban J connectivity index is 1.91. The molecule has 0 saturated carbocycles. The van der Waals surface area contributed by atoms with Crippen LogP contribution in [0.2, 0.25) is 0 Å². The monoisotopic (exact) mass is 373 g/mol. The molecule has 2 aromatic heterocycles. The highest BCUT2D eigenvalue weighted by Crippen LogP contribution is 2.34. The number of carbonyl (C=O) groups excluding carboxylic acids is 1. The highest BCUT2D eigenvalue weighted by molar-refractivity contribution is 5.90. The number of anilines is 3. The normalized spacial score (nSPS) is 11.1. The summed E-state index contributed by atoms with van der Waals surface area (Å²) in [6, 6.07) is 9.42. The molecule has 0 unspecified atom stereocenters. The van der Waals surface area contributed by atoms with Gasteiger partial charge in [-0.25, -0.2) is 15.0 Å². The van der Waals surface area contributed by atoms with Gasteiger partial charge in [0.1, 0.15) is 6.33 Å². The lowest BCUT2D eigenvalue weighted by atomic mass is 10.1.